The number of rotatable bonds is 15. The number of carbonyl (C=O) groups excluding carboxylic acids is 2. The van der Waals surface area contributed by atoms with E-state index >= 15 is 0 Å². The Morgan fingerprint density at radius 2 is 1.65 bits per heavy atom. The third kappa shape index (κ3) is 8.61. The van der Waals surface area contributed by atoms with E-state index in [0.717, 1.165) is 5.56 Å². The van der Waals surface area contributed by atoms with E-state index < -0.39 is 27.9 Å². The van der Waals surface area contributed by atoms with Crippen molar-refractivity contribution in [2.45, 2.75) is 37.8 Å². The molecule has 1 unspecified atom stereocenters. The van der Waals surface area contributed by atoms with E-state index in [4.69, 9.17) is 18.9 Å². The summed E-state index contributed by atoms with van der Waals surface area (Å²) in [6.45, 7) is 3.61. The molecule has 46 heavy (non-hydrogen) atoms. The van der Waals surface area contributed by atoms with Crippen LogP contribution in [0.4, 0.5) is 0 Å². The first kappa shape index (κ1) is 33.9. The minimum atomic E-state index is -4.04. The molecule has 0 fully saturated rings. The number of aromatic nitrogens is 2. The third-order valence-corrected chi connectivity index (χ3v) is 8.41. The van der Waals surface area contributed by atoms with Crippen molar-refractivity contribution in [2.75, 3.05) is 34.0 Å². The Labute approximate surface area is 266 Å². The van der Waals surface area contributed by atoms with Crippen molar-refractivity contribution < 1.29 is 37.0 Å². The van der Waals surface area contributed by atoms with Crippen LogP contribution >= 0.6 is 0 Å². The Morgan fingerprint density at radius 1 is 0.978 bits per heavy atom. The molecule has 4 rings (SSSR count). The average molecular weight is 653 g/mol. The average Bonchev–Trinajstić information content (AvgIpc) is 3.04. The number of nitrogens with one attached hydrogen (secondary N) is 2. The summed E-state index contributed by atoms with van der Waals surface area (Å²) in [7, 11) is -1.04. The molecule has 0 saturated heterocycles. The maximum atomic E-state index is 13.0. The van der Waals surface area contributed by atoms with Gasteiger partial charge in [-0.25, -0.2) is 13.4 Å². The maximum absolute atomic E-state index is 13.0. The van der Waals surface area contributed by atoms with E-state index in [2.05, 4.69) is 15.0 Å². The first-order valence-electron chi connectivity index (χ1n) is 14.4. The Bertz CT molecular complexity index is 1840. The van der Waals surface area contributed by atoms with Crippen LogP contribution in [0.5, 0.6) is 17.2 Å². The molecule has 2 N–H and O–H groups in total. The van der Waals surface area contributed by atoms with Crippen LogP contribution in [0.3, 0.4) is 0 Å². The summed E-state index contributed by atoms with van der Waals surface area (Å²) in [5, 5.41) is 2.99. The van der Waals surface area contributed by atoms with Gasteiger partial charge in [-0.05, 0) is 49.7 Å². The summed E-state index contributed by atoms with van der Waals surface area (Å²) in [6, 6.07) is 14.9. The van der Waals surface area contributed by atoms with E-state index in [1.54, 1.807) is 55.5 Å². The van der Waals surface area contributed by atoms with Gasteiger partial charge in [-0.15, -0.1) is 0 Å². The van der Waals surface area contributed by atoms with Gasteiger partial charge in [-0.3, -0.25) is 19.0 Å². The molecule has 0 bridgehead atoms. The predicted octanol–water partition coefficient (Wildman–Crippen LogP) is 2.37. The van der Waals surface area contributed by atoms with E-state index in [1.807, 2.05) is 6.92 Å². The molecule has 0 radical (unpaired) electrons. The van der Waals surface area contributed by atoms with E-state index in [1.165, 1.54) is 37.2 Å². The highest BCUT2D eigenvalue weighted by Gasteiger charge is 2.27. The molecule has 1 atom stereocenters. The molecule has 1 aromatic heterocycles. The topological polar surface area (TPSA) is 164 Å². The van der Waals surface area contributed by atoms with Crippen LogP contribution in [0.2, 0.25) is 0 Å². The van der Waals surface area contributed by atoms with Gasteiger partial charge in [-0.2, -0.15) is 4.72 Å². The van der Waals surface area contributed by atoms with Gasteiger partial charge < -0.3 is 24.3 Å². The van der Waals surface area contributed by atoms with Gasteiger partial charge in [0.05, 0.1) is 55.9 Å². The summed E-state index contributed by atoms with van der Waals surface area (Å²) < 4.78 is 50.8. The summed E-state index contributed by atoms with van der Waals surface area (Å²) in [5.74, 6) is 0.214. The molecule has 3 aromatic carbocycles. The monoisotopic (exact) mass is 652 g/mol. The van der Waals surface area contributed by atoms with Gasteiger partial charge >= 0.3 is 5.97 Å². The molecule has 244 valence electrons. The largest absolute Gasteiger partial charge is 0.493 e. The minimum absolute atomic E-state index is 0.0104. The number of fused-ring (bicyclic) bond motifs is 1. The van der Waals surface area contributed by atoms with Crippen molar-refractivity contribution in [3.63, 3.8) is 0 Å². The van der Waals surface area contributed by atoms with Crippen molar-refractivity contribution in [1.29, 1.82) is 0 Å². The van der Waals surface area contributed by atoms with Crippen LogP contribution in [0.25, 0.3) is 10.9 Å². The molecule has 1 amide bonds. The molecule has 0 spiro atoms. The lowest BCUT2D eigenvalue weighted by molar-refractivity contribution is -0.145. The lowest BCUT2D eigenvalue weighted by atomic mass is 10.1. The second-order valence-electron chi connectivity index (χ2n) is 10.2. The fourth-order valence-electron chi connectivity index (χ4n) is 4.46. The molecule has 0 aliphatic heterocycles. The zero-order chi connectivity index (χ0) is 33.3. The smallest absolute Gasteiger partial charge is 0.326 e. The van der Waals surface area contributed by atoms with Gasteiger partial charge in [0.25, 0.3) is 5.56 Å². The van der Waals surface area contributed by atoms with Crippen LogP contribution in [0.1, 0.15) is 18.1 Å². The van der Waals surface area contributed by atoms with E-state index in [0.29, 0.717) is 33.7 Å². The van der Waals surface area contributed by atoms with Crippen LogP contribution in [0, 0.1) is 6.92 Å². The van der Waals surface area contributed by atoms with Crippen molar-refractivity contribution in [2.24, 2.45) is 0 Å². The van der Waals surface area contributed by atoms with Crippen molar-refractivity contribution >= 4 is 32.8 Å². The predicted molar refractivity (Wildman–Crippen MR) is 170 cm³/mol. The molecular weight excluding hydrogens is 616 g/mol. The van der Waals surface area contributed by atoms with E-state index in [-0.39, 0.29) is 43.2 Å². The second-order valence-corrected chi connectivity index (χ2v) is 11.9. The van der Waals surface area contributed by atoms with Gasteiger partial charge in [0, 0.05) is 12.6 Å². The Hall–Kier alpha value is -4.95. The maximum Gasteiger partial charge on any atom is 0.326 e. The number of sulfonamides is 1. The number of amides is 1. The molecule has 0 aliphatic carbocycles. The Balaban J connectivity index is 1.30. The number of aryl methyl sites for hydroxylation is 1. The molecule has 13 nitrogen and oxygen atoms in total. The van der Waals surface area contributed by atoms with Gasteiger partial charge in [0.2, 0.25) is 15.9 Å². The van der Waals surface area contributed by atoms with Crippen molar-refractivity contribution in [3.8, 4) is 17.2 Å². The number of benzene rings is 3. The van der Waals surface area contributed by atoms with Crippen LogP contribution in [0.15, 0.2) is 76.7 Å². The van der Waals surface area contributed by atoms with Crippen LogP contribution in [-0.4, -0.2) is 69.9 Å². The summed E-state index contributed by atoms with van der Waals surface area (Å²) in [6.07, 6.45) is 1.43. The summed E-state index contributed by atoms with van der Waals surface area (Å²) in [5.41, 5.74) is 1.78. The first-order chi connectivity index (χ1) is 22.0. The minimum Gasteiger partial charge on any atom is -0.493 e. The standard InChI is InChI=1S/C32H36N4O9S/c1-5-44-32(39)27(35-46(40,41)24-12-6-21(2)7-13-24)19-33-30(37)16-22-8-10-23(11-9-22)45-15-14-36-20-34-26-18-29(43-4)28(42-3)17-25(26)31(36)38/h6-13,17-18,20,27,35H,5,14-16,19H2,1-4H3,(H,33,37). The number of esters is 1. The zero-order valence-electron chi connectivity index (χ0n) is 25.9. The quantitative estimate of drug-likeness (QED) is 0.182. The molecule has 4 aromatic rings. The number of carbonyl (C=O) groups is 2. The number of nitrogens with zero attached hydrogens (tertiary/aromatic N) is 2. The highest BCUT2D eigenvalue weighted by molar-refractivity contribution is 7.89. The fourth-order valence-corrected chi connectivity index (χ4v) is 5.65. The molecular formula is C32H36N4O9S. The van der Waals surface area contributed by atoms with Gasteiger partial charge in [0.1, 0.15) is 18.4 Å². The lowest BCUT2D eigenvalue weighted by Crippen LogP contribution is -2.49. The number of methoxy groups -OCH3 is 2. The van der Waals surface area contributed by atoms with Gasteiger partial charge in [-0.1, -0.05) is 29.8 Å². The highest BCUT2D eigenvalue weighted by atomic mass is 32.2. The zero-order valence-corrected chi connectivity index (χ0v) is 26.8. The van der Waals surface area contributed by atoms with Crippen molar-refractivity contribution in [1.82, 2.24) is 19.6 Å². The molecule has 14 heteroatoms. The molecule has 0 saturated carbocycles. The SMILES string of the molecule is CCOC(=O)C(CNC(=O)Cc1ccc(OCCn2cnc3cc(OC)c(OC)cc3c2=O)cc1)NS(=O)(=O)c1ccc(C)cc1. The molecule has 1 heterocycles. The van der Waals surface area contributed by atoms with E-state index in [9.17, 15) is 22.8 Å². The number of hydrogen-bond donors (Lipinski definition) is 2. The second kappa shape index (κ2) is 15.4. The summed E-state index contributed by atoms with van der Waals surface area (Å²) in [4.78, 5) is 42.4. The van der Waals surface area contributed by atoms with Crippen LogP contribution < -0.4 is 29.8 Å². The first-order valence-corrected chi connectivity index (χ1v) is 15.9. The third-order valence-electron chi connectivity index (χ3n) is 6.92. The number of hydrogen-bond acceptors (Lipinski definition) is 10. The van der Waals surface area contributed by atoms with Crippen molar-refractivity contribution in [3.05, 3.63) is 88.5 Å². The van der Waals surface area contributed by atoms with Gasteiger partial charge in [0.15, 0.2) is 11.5 Å². The normalized spacial score (nSPS) is 11.9. The van der Waals surface area contributed by atoms with Crippen LogP contribution in [-0.2, 0) is 37.3 Å². The lowest BCUT2D eigenvalue weighted by Gasteiger charge is -2.18. The Kier molecular flexibility index (Phi) is 11.3. The molecule has 0 aliphatic rings. The fraction of sp³-hybridized carbons (Fsp3) is 0.312. The number of ether oxygens (including phenoxy) is 4. The summed E-state index contributed by atoms with van der Waals surface area (Å²) >= 11 is 0. The highest BCUT2D eigenvalue weighted by Crippen LogP contribution is 2.29. The Morgan fingerprint density at radius 3 is 2.30 bits per heavy atom.